The van der Waals surface area contributed by atoms with Gasteiger partial charge in [0.15, 0.2) is 0 Å². The summed E-state index contributed by atoms with van der Waals surface area (Å²) >= 11 is 0. The van der Waals surface area contributed by atoms with Crippen LogP contribution in [0.3, 0.4) is 0 Å². The van der Waals surface area contributed by atoms with Gasteiger partial charge in [-0.15, -0.1) is 0 Å². The quantitative estimate of drug-likeness (QED) is 0.860. The molecule has 1 aliphatic rings. The van der Waals surface area contributed by atoms with E-state index in [-0.39, 0.29) is 17.9 Å². The average molecular weight is 289 g/mol. The van der Waals surface area contributed by atoms with Gasteiger partial charge in [-0.25, -0.2) is 4.98 Å². The largest absolute Gasteiger partial charge is 0.467 e. The third-order valence-corrected chi connectivity index (χ3v) is 3.87. The number of hydrogen-bond acceptors (Lipinski definition) is 4. The molecule has 1 amide bonds. The highest BCUT2D eigenvalue weighted by atomic mass is 16.5. The van der Waals surface area contributed by atoms with Crippen LogP contribution < -0.4 is 0 Å². The Balaban J connectivity index is 1.72. The van der Waals surface area contributed by atoms with E-state index in [9.17, 15) is 4.79 Å². The molecule has 0 saturated carbocycles. The van der Waals surface area contributed by atoms with Crippen molar-refractivity contribution in [2.45, 2.75) is 19.1 Å². The lowest BCUT2D eigenvalue weighted by atomic mass is 9.99. The van der Waals surface area contributed by atoms with Crippen molar-refractivity contribution in [1.29, 1.82) is 0 Å². The number of imidazole rings is 1. The van der Waals surface area contributed by atoms with Crippen LogP contribution in [0.4, 0.5) is 0 Å². The summed E-state index contributed by atoms with van der Waals surface area (Å²) in [6.45, 7) is 1.05. The predicted molar refractivity (Wildman–Crippen MR) is 75.2 cm³/mol. The molecule has 0 aromatic carbocycles. The Bertz CT molecular complexity index is 605. The van der Waals surface area contributed by atoms with Crippen molar-refractivity contribution < 1.29 is 13.9 Å². The van der Waals surface area contributed by atoms with Gasteiger partial charge in [0.2, 0.25) is 5.91 Å². The lowest BCUT2D eigenvalue weighted by Gasteiger charge is -2.23. The number of rotatable bonds is 4. The van der Waals surface area contributed by atoms with Crippen molar-refractivity contribution in [3.63, 3.8) is 0 Å². The monoisotopic (exact) mass is 289 g/mol. The van der Waals surface area contributed by atoms with Crippen molar-refractivity contribution in [3.05, 3.63) is 42.4 Å². The summed E-state index contributed by atoms with van der Waals surface area (Å²) in [6, 6.07) is 3.69. The zero-order chi connectivity index (χ0) is 14.8. The molecule has 1 saturated heterocycles. The van der Waals surface area contributed by atoms with Crippen LogP contribution in [-0.2, 0) is 23.1 Å². The van der Waals surface area contributed by atoms with E-state index in [4.69, 9.17) is 9.15 Å². The number of nitrogens with zero attached hydrogens (tertiary/aromatic N) is 3. The molecule has 1 fully saturated rings. The second-order valence-corrected chi connectivity index (χ2v) is 5.36. The van der Waals surface area contributed by atoms with Crippen molar-refractivity contribution in [1.82, 2.24) is 14.5 Å². The Morgan fingerprint density at radius 1 is 1.57 bits per heavy atom. The molecule has 0 radical (unpaired) electrons. The Labute approximate surface area is 123 Å². The van der Waals surface area contributed by atoms with Crippen molar-refractivity contribution in [3.8, 4) is 0 Å². The van der Waals surface area contributed by atoms with Gasteiger partial charge in [0, 0.05) is 33.1 Å². The van der Waals surface area contributed by atoms with E-state index in [1.165, 1.54) is 0 Å². The number of aromatic nitrogens is 2. The maximum absolute atomic E-state index is 12.7. The van der Waals surface area contributed by atoms with Crippen LogP contribution in [0, 0.1) is 5.92 Å². The van der Waals surface area contributed by atoms with Gasteiger partial charge in [0.1, 0.15) is 17.7 Å². The topological polar surface area (TPSA) is 60.5 Å². The molecule has 0 unspecified atom stereocenters. The Morgan fingerprint density at radius 2 is 2.43 bits per heavy atom. The van der Waals surface area contributed by atoms with Crippen LogP contribution >= 0.6 is 0 Å². The first-order valence-electron chi connectivity index (χ1n) is 7.03. The first-order valence-corrected chi connectivity index (χ1v) is 7.03. The molecule has 0 N–H and O–H groups in total. The van der Waals surface area contributed by atoms with Crippen LogP contribution in [0.15, 0.2) is 35.2 Å². The first kappa shape index (κ1) is 13.9. The van der Waals surface area contributed by atoms with Gasteiger partial charge in [-0.05, 0) is 18.6 Å². The average Bonchev–Trinajstić information content (AvgIpc) is 3.18. The summed E-state index contributed by atoms with van der Waals surface area (Å²) in [7, 11) is 3.71. The second-order valence-electron chi connectivity index (χ2n) is 5.36. The molecule has 2 aromatic heterocycles. The minimum Gasteiger partial charge on any atom is -0.467 e. The maximum Gasteiger partial charge on any atom is 0.229 e. The molecule has 112 valence electrons. The van der Waals surface area contributed by atoms with Gasteiger partial charge >= 0.3 is 0 Å². The van der Waals surface area contributed by atoms with Gasteiger partial charge in [-0.1, -0.05) is 0 Å². The number of carbonyl (C=O) groups excluding carboxylic acids is 1. The van der Waals surface area contributed by atoms with Gasteiger partial charge in [-0.3, -0.25) is 4.79 Å². The van der Waals surface area contributed by atoms with Crippen molar-refractivity contribution >= 4 is 5.91 Å². The number of ether oxygens (including phenoxy) is 1. The second kappa shape index (κ2) is 5.73. The standard InChI is InChI=1S/C15H19N3O3/c1-17-7-6-16-14(17)13-12(5-9-21-13)15(19)18(2)10-11-4-3-8-20-11/h3-4,6-8,12-13H,5,9-10H2,1-2H3/t12-,13-/m1/s1. The van der Waals surface area contributed by atoms with Crippen LogP contribution in [0.25, 0.3) is 0 Å². The molecule has 0 bridgehead atoms. The first-order chi connectivity index (χ1) is 10.2. The normalized spacial score (nSPS) is 21.6. The number of hydrogen-bond donors (Lipinski definition) is 0. The molecular weight excluding hydrogens is 270 g/mol. The molecule has 3 rings (SSSR count). The Kier molecular flexibility index (Phi) is 3.79. The van der Waals surface area contributed by atoms with Crippen LogP contribution in [0.5, 0.6) is 0 Å². The lowest BCUT2D eigenvalue weighted by Crippen LogP contribution is -2.34. The van der Waals surface area contributed by atoms with Crippen LogP contribution in [0.1, 0.15) is 24.1 Å². The van der Waals surface area contributed by atoms with E-state index in [1.807, 2.05) is 29.9 Å². The smallest absolute Gasteiger partial charge is 0.229 e. The highest BCUT2D eigenvalue weighted by Gasteiger charge is 2.38. The molecule has 21 heavy (non-hydrogen) atoms. The predicted octanol–water partition coefficient (Wildman–Crippen LogP) is 1.75. The molecule has 6 heteroatoms. The SMILES string of the molecule is CN(Cc1ccco1)C(=O)[C@@H]1CCO[C@H]1c1nccn1C. The Hall–Kier alpha value is -2.08. The molecule has 1 aliphatic heterocycles. The molecule has 6 nitrogen and oxygen atoms in total. The third-order valence-electron chi connectivity index (χ3n) is 3.87. The van der Waals surface area contributed by atoms with Crippen LogP contribution in [-0.4, -0.2) is 34.0 Å². The van der Waals surface area contributed by atoms with Gasteiger partial charge in [-0.2, -0.15) is 0 Å². The summed E-state index contributed by atoms with van der Waals surface area (Å²) in [5.41, 5.74) is 0. The molecule has 2 atom stereocenters. The highest BCUT2D eigenvalue weighted by molar-refractivity contribution is 5.79. The molecule has 0 aliphatic carbocycles. The zero-order valence-corrected chi connectivity index (χ0v) is 12.2. The van der Waals surface area contributed by atoms with Crippen molar-refractivity contribution in [2.75, 3.05) is 13.7 Å². The fourth-order valence-electron chi connectivity index (χ4n) is 2.75. The van der Waals surface area contributed by atoms with E-state index in [0.717, 1.165) is 18.0 Å². The van der Waals surface area contributed by atoms with Crippen LogP contribution in [0.2, 0.25) is 0 Å². The lowest BCUT2D eigenvalue weighted by molar-refractivity contribution is -0.137. The summed E-state index contributed by atoms with van der Waals surface area (Å²) in [5.74, 6) is 1.46. The minimum atomic E-state index is -0.267. The summed E-state index contributed by atoms with van der Waals surface area (Å²) in [6.07, 6.45) is 5.66. The number of amides is 1. The molecule has 3 heterocycles. The minimum absolute atomic E-state index is 0.0666. The van der Waals surface area contributed by atoms with Crippen molar-refractivity contribution in [2.24, 2.45) is 13.0 Å². The number of aryl methyl sites for hydroxylation is 1. The highest BCUT2D eigenvalue weighted by Crippen LogP contribution is 2.34. The summed E-state index contributed by atoms with van der Waals surface area (Å²) in [5, 5.41) is 0. The van der Waals surface area contributed by atoms with Gasteiger partial charge < -0.3 is 18.6 Å². The third kappa shape index (κ3) is 2.71. The number of furan rings is 1. The fraction of sp³-hybridized carbons (Fsp3) is 0.467. The maximum atomic E-state index is 12.7. The van der Waals surface area contributed by atoms with Gasteiger partial charge in [0.25, 0.3) is 0 Å². The van der Waals surface area contributed by atoms with E-state index in [2.05, 4.69) is 4.98 Å². The van der Waals surface area contributed by atoms with E-state index < -0.39 is 0 Å². The van der Waals surface area contributed by atoms with E-state index in [0.29, 0.717) is 13.2 Å². The molecule has 2 aromatic rings. The summed E-state index contributed by atoms with van der Waals surface area (Å²) in [4.78, 5) is 18.7. The van der Waals surface area contributed by atoms with E-state index in [1.54, 1.807) is 24.4 Å². The van der Waals surface area contributed by atoms with E-state index >= 15 is 0 Å². The molecular formula is C15H19N3O3. The molecule has 0 spiro atoms. The summed E-state index contributed by atoms with van der Waals surface area (Å²) < 4.78 is 12.9. The fourth-order valence-corrected chi connectivity index (χ4v) is 2.75. The number of carbonyl (C=O) groups is 1. The van der Waals surface area contributed by atoms with Gasteiger partial charge in [0.05, 0.1) is 18.7 Å². The Morgan fingerprint density at radius 3 is 3.10 bits per heavy atom. The zero-order valence-electron chi connectivity index (χ0n) is 12.2.